The molecule has 1 atom stereocenters. The fourth-order valence-electron chi connectivity index (χ4n) is 4.21. The van der Waals surface area contributed by atoms with Gasteiger partial charge in [-0.1, -0.05) is 6.07 Å². The van der Waals surface area contributed by atoms with Crippen LogP contribution in [0, 0.1) is 0 Å². The molecule has 2 aromatic carbocycles. The smallest absolute Gasteiger partial charge is 0.227 e. The summed E-state index contributed by atoms with van der Waals surface area (Å²) in [4.78, 5) is 11.1. The maximum atomic E-state index is 13.7. The molecule has 0 aliphatic carbocycles. The number of nitrogens with one attached hydrogen (secondary N) is 1. The third-order valence-corrected chi connectivity index (χ3v) is 7.99. The number of fused-ring (bicyclic) bond motifs is 1. The van der Waals surface area contributed by atoms with Crippen LogP contribution in [0.25, 0.3) is 22.6 Å². The number of ether oxygens (including phenoxy) is 1. The van der Waals surface area contributed by atoms with Crippen LogP contribution in [0.4, 0.5) is 5.69 Å². The molecule has 3 heterocycles. The molecule has 0 radical (unpaired) electrons. The third kappa shape index (κ3) is 4.49. The van der Waals surface area contributed by atoms with E-state index in [-0.39, 0.29) is 4.90 Å². The maximum Gasteiger partial charge on any atom is 0.227 e. The number of hydrogen-bond acceptors (Lipinski definition) is 8. The van der Waals surface area contributed by atoms with Crippen LogP contribution in [0.15, 0.2) is 76.3 Å². The highest BCUT2D eigenvalue weighted by molar-refractivity contribution is 7.92. The third-order valence-electron chi connectivity index (χ3n) is 6.05. The summed E-state index contributed by atoms with van der Waals surface area (Å²) >= 11 is 0. The van der Waals surface area contributed by atoms with Crippen molar-refractivity contribution in [3.05, 3.63) is 67.0 Å². The zero-order valence-electron chi connectivity index (χ0n) is 18.8. The first-order valence-corrected chi connectivity index (χ1v) is 12.8. The van der Waals surface area contributed by atoms with E-state index in [1.807, 2.05) is 30.3 Å². The standard InChI is InChI=1S/C25H26N4O4S/c1-32-19-7-9-20(10-8-19)34(30,31)23(17-29-15-2-3-16-29)27-21-5-4-6-22-24(21)28-25(33-22)18-11-13-26-14-12-18/h4-14,23,27H,2-3,15-17H2,1H3. The average molecular weight is 479 g/mol. The van der Waals surface area contributed by atoms with Gasteiger partial charge in [0.25, 0.3) is 0 Å². The summed E-state index contributed by atoms with van der Waals surface area (Å²) in [6.07, 6.45) is 5.50. The van der Waals surface area contributed by atoms with Gasteiger partial charge in [0.1, 0.15) is 16.6 Å². The molecule has 8 nitrogen and oxygen atoms in total. The fraction of sp³-hybridized carbons (Fsp3) is 0.280. The number of benzene rings is 2. The van der Waals surface area contributed by atoms with Gasteiger partial charge in [0.05, 0.1) is 17.7 Å². The van der Waals surface area contributed by atoms with E-state index in [0.29, 0.717) is 35.0 Å². The van der Waals surface area contributed by atoms with Gasteiger partial charge in [-0.15, -0.1) is 0 Å². The molecule has 176 valence electrons. The van der Waals surface area contributed by atoms with Gasteiger partial charge in [-0.2, -0.15) is 0 Å². The summed E-state index contributed by atoms with van der Waals surface area (Å²) in [6, 6.07) is 15.6. The molecular weight excluding hydrogens is 452 g/mol. The van der Waals surface area contributed by atoms with Crippen LogP contribution in [0.3, 0.4) is 0 Å². The Morgan fingerprint density at radius 2 is 1.79 bits per heavy atom. The average Bonchev–Trinajstić information content (AvgIpc) is 3.55. The molecule has 0 amide bonds. The van der Waals surface area contributed by atoms with E-state index in [9.17, 15) is 8.42 Å². The number of methoxy groups -OCH3 is 1. The molecule has 0 saturated carbocycles. The summed E-state index contributed by atoms with van der Waals surface area (Å²) in [5.41, 5.74) is 2.59. The predicted octanol–water partition coefficient (Wildman–Crippen LogP) is 4.21. The Labute approximate surface area is 198 Å². The summed E-state index contributed by atoms with van der Waals surface area (Å²) in [6.45, 7) is 2.15. The van der Waals surface area contributed by atoms with Gasteiger partial charge in [-0.25, -0.2) is 13.4 Å². The fourth-order valence-corrected chi connectivity index (χ4v) is 5.74. The van der Waals surface area contributed by atoms with Gasteiger partial charge in [0.15, 0.2) is 15.4 Å². The molecule has 0 bridgehead atoms. The zero-order valence-corrected chi connectivity index (χ0v) is 19.7. The highest BCUT2D eigenvalue weighted by Gasteiger charge is 2.31. The Balaban J connectivity index is 1.51. The van der Waals surface area contributed by atoms with E-state index in [1.165, 1.54) is 0 Å². The molecule has 1 aliphatic heterocycles. The molecule has 1 fully saturated rings. The number of pyridine rings is 1. The minimum atomic E-state index is -3.70. The lowest BCUT2D eigenvalue weighted by Crippen LogP contribution is -2.40. The van der Waals surface area contributed by atoms with Gasteiger partial charge in [0, 0.05) is 24.5 Å². The monoisotopic (exact) mass is 478 g/mol. The van der Waals surface area contributed by atoms with Crippen molar-refractivity contribution in [1.82, 2.24) is 14.9 Å². The van der Waals surface area contributed by atoms with Crippen LogP contribution in [0.2, 0.25) is 0 Å². The molecule has 9 heteroatoms. The first-order valence-electron chi connectivity index (χ1n) is 11.2. The minimum absolute atomic E-state index is 0.245. The number of hydrogen-bond donors (Lipinski definition) is 1. The van der Waals surface area contributed by atoms with E-state index >= 15 is 0 Å². The normalized spacial score (nSPS) is 15.4. The first kappa shape index (κ1) is 22.4. The number of anilines is 1. The van der Waals surface area contributed by atoms with Crippen LogP contribution in [-0.2, 0) is 9.84 Å². The van der Waals surface area contributed by atoms with Crippen LogP contribution < -0.4 is 10.1 Å². The van der Waals surface area contributed by atoms with Crippen LogP contribution in [-0.4, -0.2) is 55.4 Å². The topological polar surface area (TPSA) is 97.6 Å². The molecule has 1 aliphatic rings. The quantitative estimate of drug-likeness (QED) is 0.402. The summed E-state index contributed by atoms with van der Waals surface area (Å²) in [5.74, 6) is 1.07. The first-order chi connectivity index (χ1) is 16.5. The molecule has 2 aromatic heterocycles. The number of aromatic nitrogens is 2. The Morgan fingerprint density at radius 3 is 2.50 bits per heavy atom. The van der Waals surface area contributed by atoms with Crippen molar-refractivity contribution < 1.29 is 17.6 Å². The summed E-state index contributed by atoms with van der Waals surface area (Å²) in [7, 11) is -2.15. The van der Waals surface area contributed by atoms with E-state index in [4.69, 9.17) is 9.15 Å². The van der Waals surface area contributed by atoms with Crippen molar-refractivity contribution in [2.75, 3.05) is 32.1 Å². The lowest BCUT2D eigenvalue weighted by atomic mass is 10.2. The van der Waals surface area contributed by atoms with E-state index < -0.39 is 15.2 Å². The molecule has 4 aromatic rings. The largest absolute Gasteiger partial charge is 0.497 e. The summed E-state index contributed by atoms with van der Waals surface area (Å²) < 4.78 is 38.6. The second kappa shape index (κ2) is 9.44. The SMILES string of the molecule is COc1ccc(S(=O)(=O)C(CN2CCCC2)Nc2cccc3oc(-c4ccncc4)nc23)cc1. The minimum Gasteiger partial charge on any atom is -0.497 e. The zero-order chi connectivity index (χ0) is 23.5. The molecule has 0 spiro atoms. The van der Waals surface area contributed by atoms with Crippen LogP contribution in [0.5, 0.6) is 5.75 Å². The lowest BCUT2D eigenvalue weighted by Gasteiger charge is -2.25. The molecule has 1 N–H and O–H groups in total. The Kier molecular flexibility index (Phi) is 6.21. The molecule has 34 heavy (non-hydrogen) atoms. The van der Waals surface area contributed by atoms with Crippen LogP contribution >= 0.6 is 0 Å². The Bertz CT molecular complexity index is 1370. The van der Waals surface area contributed by atoms with Crippen molar-refractivity contribution in [3.8, 4) is 17.2 Å². The number of nitrogens with zero attached hydrogens (tertiary/aromatic N) is 3. The van der Waals surface area contributed by atoms with E-state index in [1.54, 1.807) is 43.8 Å². The number of oxazole rings is 1. The van der Waals surface area contributed by atoms with Gasteiger partial charge >= 0.3 is 0 Å². The van der Waals surface area contributed by atoms with Gasteiger partial charge in [0.2, 0.25) is 5.89 Å². The second-order valence-electron chi connectivity index (χ2n) is 8.27. The molecule has 1 unspecified atom stereocenters. The van der Waals surface area contributed by atoms with Gasteiger partial charge in [-0.3, -0.25) is 4.98 Å². The van der Waals surface area contributed by atoms with Crippen molar-refractivity contribution in [3.63, 3.8) is 0 Å². The maximum absolute atomic E-state index is 13.7. The van der Waals surface area contributed by atoms with Crippen molar-refractivity contribution in [1.29, 1.82) is 0 Å². The molecular formula is C25H26N4O4S. The van der Waals surface area contributed by atoms with Crippen molar-refractivity contribution >= 4 is 26.6 Å². The predicted molar refractivity (Wildman–Crippen MR) is 131 cm³/mol. The Morgan fingerprint density at radius 1 is 1.06 bits per heavy atom. The Hall–Kier alpha value is -3.43. The number of sulfone groups is 1. The van der Waals surface area contributed by atoms with Crippen molar-refractivity contribution in [2.45, 2.75) is 23.1 Å². The highest BCUT2D eigenvalue weighted by Crippen LogP contribution is 2.30. The number of rotatable bonds is 8. The van der Waals surface area contributed by atoms with Crippen LogP contribution in [0.1, 0.15) is 12.8 Å². The van der Waals surface area contributed by atoms with Gasteiger partial charge in [-0.05, 0) is 74.5 Å². The molecule has 5 rings (SSSR count). The van der Waals surface area contributed by atoms with E-state index in [2.05, 4.69) is 20.2 Å². The van der Waals surface area contributed by atoms with Gasteiger partial charge < -0.3 is 19.4 Å². The second-order valence-corrected chi connectivity index (χ2v) is 10.4. The molecule has 1 saturated heterocycles. The van der Waals surface area contributed by atoms with E-state index in [0.717, 1.165) is 31.5 Å². The number of para-hydroxylation sites is 1. The van der Waals surface area contributed by atoms with Crippen molar-refractivity contribution in [2.24, 2.45) is 0 Å². The summed E-state index contributed by atoms with van der Waals surface area (Å²) in [5, 5.41) is 2.43. The highest BCUT2D eigenvalue weighted by atomic mass is 32.2. The lowest BCUT2D eigenvalue weighted by molar-refractivity contribution is 0.341. The number of likely N-dealkylation sites (tertiary alicyclic amines) is 1.